The van der Waals surface area contributed by atoms with Crippen molar-refractivity contribution in [2.75, 3.05) is 13.1 Å². The van der Waals surface area contributed by atoms with Gasteiger partial charge in [-0.2, -0.15) is 0 Å². The zero-order valence-electron chi connectivity index (χ0n) is 15.1. The monoisotopic (exact) mass is 348 g/mol. The molecule has 0 bridgehead atoms. The second kappa shape index (κ2) is 7.74. The lowest BCUT2D eigenvalue weighted by Crippen LogP contribution is -2.34. The number of H-pyrrole nitrogens is 1. The number of hydrogen-bond acceptors (Lipinski definition) is 5. The summed E-state index contributed by atoms with van der Waals surface area (Å²) in [7, 11) is 0. The second-order valence-corrected chi connectivity index (χ2v) is 7.05. The van der Waals surface area contributed by atoms with Crippen molar-refractivity contribution in [2.24, 2.45) is 5.92 Å². The third-order valence-corrected chi connectivity index (χ3v) is 4.99. The van der Waals surface area contributed by atoms with E-state index in [1.165, 1.54) is 12.8 Å². The normalized spacial score (nSPS) is 16.0. The largest absolute Gasteiger partial charge is 0.341 e. The fraction of sp³-hybridized carbons (Fsp3) is 0.400. The van der Waals surface area contributed by atoms with Crippen LogP contribution in [0.4, 0.5) is 0 Å². The number of aromatic amines is 1. The van der Waals surface area contributed by atoms with E-state index < -0.39 is 0 Å². The van der Waals surface area contributed by atoms with Crippen molar-refractivity contribution in [3.8, 4) is 11.5 Å². The zero-order chi connectivity index (χ0) is 17.8. The Labute approximate surface area is 153 Å². The van der Waals surface area contributed by atoms with E-state index in [0.717, 1.165) is 54.7 Å². The number of rotatable bonds is 5. The van der Waals surface area contributed by atoms with Gasteiger partial charge in [0, 0.05) is 30.3 Å². The number of nitrogens with one attached hydrogen (secondary N) is 1. The average molecular weight is 348 g/mol. The van der Waals surface area contributed by atoms with Gasteiger partial charge < -0.3 is 4.98 Å². The summed E-state index contributed by atoms with van der Waals surface area (Å²) in [5.74, 6) is 1.49. The Morgan fingerprint density at radius 2 is 1.96 bits per heavy atom. The lowest BCUT2D eigenvalue weighted by Gasteiger charge is -2.31. The summed E-state index contributed by atoms with van der Waals surface area (Å²) in [6.07, 6.45) is 8.76. The van der Waals surface area contributed by atoms with Gasteiger partial charge in [-0.05, 0) is 63.4 Å². The summed E-state index contributed by atoms with van der Waals surface area (Å²) in [4.78, 5) is 23.4. The van der Waals surface area contributed by atoms with Crippen LogP contribution in [-0.2, 0) is 13.0 Å². The van der Waals surface area contributed by atoms with E-state index in [0.29, 0.717) is 5.92 Å². The maximum Gasteiger partial charge on any atom is 0.156 e. The van der Waals surface area contributed by atoms with E-state index >= 15 is 0 Å². The minimum atomic E-state index is 0.677. The van der Waals surface area contributed by atoms with Crippen molar-refractivity contribution in [1.29, 1.82) is 0 Å². The highest BCUT2D eigenvalue weighted by atomic mass is 15.1. The summed E-state index contributed by atoms with van der Waals surface area (Å²) in [5, 5.41) is 0. The third-order valence-electron chi connectivity index (χ3n) is 4.99. The van der Waals surface area contributed by atoms with Crippen molar-refractivity contribution in [3.05, 3.63) is 60.1 Å². The van der Waals surface area contributed by atoms with Gasteiger partial charge in [0.1, 0.15) is 12.0 Å². The van der Waals surface area contributed by atoms with Crippen LogP contribution in [0.1, 0.15) is 29.9 Å². The van der Waals surface area contributed by atoms with E-state index in [2.05, 4.69) is 48.0 Å². The van der Waals surface area contributed by atoms with E-state index in [-0.39, 0.29) is 0 Å². The number of hydrogen-bond donors (Lipinski definition) is 1. The Hall–Kier alpha value is -2.60. The summed E-state index contributed by atoms with van der Waals surface area (Å²) >= 11 is 0. The Kier molecular flexibility index (Phi) is 5.02. The first-order valence-corrected chi connectivity index (χ1v) is 9.21. The summed E-state index contributed by atoms with van der Waals surface area (Å²) in [6.45, 7) is 5.19. The molecular formula is C20H24N6. The number of nitrogens with zero attached hydrogens (tertiary/aromatic N) is 5. The Balaban J connectivity index is 1.33. The molecule has 26 heavy (non-hydrogen) atoms. The van der Waals surface area contributed by atoms with Gasteiger partial charge in [0.15, 0.2) is 5.82 Å². The van der Waals surface area contributed by atoms with Crippen LogP contribution in [0.15, 0.2) is 43.0 Å². The van der Waals surface area contributed by atoms with Gasteiger partial charge in [-0.3, -0.25) is 9.88 Å². The van der Waals surface area contributed by atoms with E-state index in [1.54, 1.807) is 6.33 Å². The molecule has 0 aliphatic carbocycles. The number of pyridine rings is 1. The summed E-state index contributed by atoms with van der Waals surface area (Å²) < 4.78 is 0. The molecular weight excluding hydrogens is 324 g/mol. The molecule has 0 unspecified atom stereocenters. The van der Waals surface area contributed by atoms with Gasteiger partial charge in [0.2, 0.25) is 0 Å². The first-order valence-electron chi connectivity index (χ1n) is 9.21. The highest BCUT2D eigenvalue weighted by Crippen LogP contribution is 2.23. The minimum absolute atomic E-state index is 0.677. The predicted molar refractivity (Wildman–Crippen MR) is 100 cm³/mol. The zero-order valence-corrected chi connectivity index (χ0v) is 15.1. The number of aryl methyl sites for hydroxylation is 1. The molecule has 4 rings (SSSR count). The Bertz CT molecular complexity index is 836. The smallest absolute Gasteiger partial charge is 0.156 e. The van der Waals surface area contributed by atoms with Crippen LogP contribution in [0.2, 0.25) is 0 Å². The van der Waals surface area contributed by atoms with E-state index in [1.807, 2.05) is 25.4 Å². The maximum absolute atomic E-state index is 4.48. The molecule has 3 aromatic rings. The van der Waals surface area contributed by atoms with E-state index in [9.17, 15) is 0 Å². The SMILES string of the molecule is Cc1cnc(-c2cc(CC3CCN(Cc4ccccn4)CC3)ncn2)[nH]1. The van der Waals surface area contributed by atoms with Crippen LogP contribution in [0.25, 0.3) is 11.5 Å². The lowest BCUT2D eigenvalue weighted by molar-refractivity contribution is 0.175. The van der Waals surface area contributed by atoms with Crippen molar-refractivity contribution in [2.45, 2.75) is 32.7 Å². The molecule has 0 aromatic carbocycles. The molecule has 3 aromatic heterocycles. The molecule has 4 heterocycles. The number of piperidine rings is 1. The molecule has 6 heteroatoms. The third kappa shape index (κ3) is 4.14. The molecule has 1 N–H and O–H groups in total. The number of aromatic nitrogens is 5. The van der Waals surface area contributed by atoms with Crippen LogP contribution in [0, 0.1) is 12.8 Å². The molecule has 0 atom stereocenters. The van der Waals surface area contributed by atoms with Gasteiger partial charge in [0.25, 0.3) is 0 Å². The van der Waals surface area contributed by atoms with Crippen molar-refractivity contribution in [3.63, 3.8) is 0 Å². The van der Waals surface area contributed by atoms with Gasteiger partial charge in [-0.1, -0.05) is 6.07 Å². The van der Waals surface area contributed by atoms with Crippen LogP contribution in [-0.4, -0.2) is 42.9 Å². The highest BCUT2D eigenvalue weighted by Gasteiger charge is 2.20. The van der Waals surface area contributed by atoms with Crippen molar-refractivity contribution < 1.29 is 0 Å². The molecule has 1 fully saturated rings. The Morgan fingerprint density at radius 1 is 1.08 bits per heavy atom. The van der Waals surface area contributed by atoms with Crippen LogP contribution in [0.3, 0.4) is 0 Å². The Morgan fingerprint density at radius 3 is 2.69 bits per heavy atom. The second-order valence-electron chi connectivity index (χ2n) is 7.05. The van der Waals surface area contributed by atoms with E-state index in [4.69, 9.17) is 0 Å². The maximum atomic E-state index is 4.48. The average Bonchev–Trinajstić information content (AvgIpc) is 3.11. The summed E-state index contributed by atoms with van der Waals surface area (Å²) in [6, 6.07) is 8.20. The van der Waals surface area contributed by atoms with Gasteiger partial charge in [0.05, 0.1) is 5.69 Å². The first-order chi connectivity index (χ1) is 12.8. The molecule has 0 spiro atoms. The number of likely N-dealkylation sites (tertiary alicyclic amines) is 1. The topological polar surface area (TPSA) is 70.6 Å². The molecule has 134 valence electrons. The molecule has 0 amide bonds. The van der Waals surface area contributed by atoms with Gasteiger partial charge in [-0.15, -0.1) is 0 Å². The number of imidazole rings is 1. The predicted octanol–water partition coefficient (Wildman–Crippen LogP) is 3.02. The highest BCUT2D eigenvalue weighted by molar-refractivity contribution is 5.49. The van der Waals surface area contributed by atoms with Crippen molar-refractivity contribution in [1.82, 2.24) is 29.8 Å². The van der Waals surface area contributed by atoms with Crippen LogP contribution < -0.4 is 0 Å². The molecule has 1 saturated heterocycles. The quantitative estimate of drug-likeness (QED) is 0.767. The molecule has 1 aliphatic heterocycles. The lowest BCUT2D eigenvalue weighted by atomic mass is 9.92. The molecule has 6 nitrogen and oxygen atoms in total. The molecule has 1 aliphatic rings. The van der Waals surface area contributed by atoms with Gasteiger partial charge >= 0.3 is 0 Å². The molecule has 0 saturated carbocycles. The summed E-state index contributed by atoms with van der Waals surface area (Å²) in [5.41, 5.74) is 4.17. The first kappa shape index (κ1) is 16.8. The van der Waals surface area contributed by atoms with Crippen molar-refractivity contribution >= 4 is 0 Å². The fourth-order valence-corrected chi connectivity index (χ4v) is 3.55. The standard InChI is InChI=1S/C20H24N6/c1-15-12-22-20(25-15)19-11-18(23-14-24-19)10-16-5-8-26(9-6-16)13-17-4-2-3-7-21-17/h2-4,7,11-12,14,16H,5-6,8-10,13H2,1H3,(H,22,25). The molecule has 0 radical (unpaired) electrons. The fourth-order valence-electron chi connectivity index (χ4n) is 3.55. The van der Waals surface area contributed by atoms with Gasteiger partial charge in [-0.25, -0.2) is 15.0 Å². The minimum Gasteiger partial charge on any atom is -0.341 e. The van der Waals surface area contributed by atoms with Crippen LogP contribution in [0.5, 0.6) is 0 Å². The van der Waals surface area contributed by atoms with Crippen LogP contribution >= 0.6 is 0 Å².